The Morgan fingerprint density at radius 3 is 2.30 bits per heavy atom. The van der Waals surface area contributed by atoms with Crippen LogP contribution in [-0.4, -0.2) is 58.2 Å². The summed E-state index contributed by atoms with van der Waals surface area (Å²) in [6.07, 6.45) is 0.130. The van der Waals surface area contributed by atoms with Crippen molar-refractivity contribution in [3.63, 3.8) is 0 Å². The molecule has 2 aliphatic heterocycles. The van der Waals surface area contributed by atoms with Gasteiger partial charge >= 0.3 is 6.18 Å². The highest BCUT2D eigenvalue weighted by atomic mass is 19.4. The fourth-order valence-corrected chi connectivity index (χ4v) is 5.87. The van der Waals surface area contributed by atoms with Crippen LogP contribution in [0.1, 0.15) is 48.2 Å². The fraction of sp³-hybridized carbons (Fsp3) is 0.419. The smallest absolute Gasteiger partial charge is 0.433 e. The van der Waals surface area contributed by atoms with Gasteiger partial charge in [0.1, 0.15) is 12.3 Å². The molecule has 0 atom stereocenters. The minimum atomic E-state index is -4.49. The van der Waals surface area contributed by atoms with Gasteiger partial charge in [-0.15, -0.1) is 5.10 Å². The molecule has 0 bridgehead atoms. The molecule has 3 aliphatic rings. The number of benzene rings is 1. The van der Waals surface area contributed by atoms with E-state index in [0.29, 0.717) is 30.6 Å². The summed E-state index contributed by atoms with van der Waals surface area (Å²) >= 11 is 0. The number of anilines is 1. The molecular weight excluding hydrogens is 559 g/mol. The number of alkyl halides is 3. The molecule has 1 spiro atoms. The minimum Gasteiger partial charge on any atom is -0.472 e. The molecule has 2 N–H and O–H groups in total. The molecule has 12 heteroatoms. The first-order valence-electron chi connectivity index (χ1n) is 14.4. The van der Waals surface area contributed by atoms with Gasteiger partial charge < -0.3 is 25.2 Å². The maximum atomic E-state index is 13.2. The molecular formula is C31H34F3N7O2. The first-order chi connectivity index (χ1) is 20.6. The number of piperidine rings is 1. The molecule has 2 aromatic heterocycles. The van der Waals surface area contributed by atoms with Crippen molar-refractivity contribution in [2.45, 2.75) is 56.0 Å². The number of ether oxygens (including phenoxy) is 1. The van der Waals surface area contributed by atoms with Crippen LogP contribution in [0.25, 0.3) is 0 Å². The van der Waals surface area contributed by atoms with Crippen LogP contribution < -0.4 is 20.3 Å². The molecule has 226 valence electrons. The zero-order chi connectivity index (χ0) is 30.2. The summed E-state index contributed by atoms with van der Waals surface area (Å²) in [5, 5.41) is 14.8. The lowest BCUT2D eigenvalue weighted by Crippen LogP contribution is -2.52. The lowest BCUT2D eigenvalue weighted by atomic mass is 9.87. The van der Waals surface area contributed by atoms with E-state index in [1.807, 2.05) is 0 Å². The highest BCUT2D eigenvalue weighted by Gasteiger charge is 2.53. The van der Waals surface area contributed by atoms with Crippen LogP contribution in [-0.2, 0) is 29.5 Å². The zero-order valence-corrected chi connectivity index (χ0v) is 24.0. The number of nitrogens with one attached hydrogen (secondary N) is 2. The van der Waals surface area contributed by atoms with Gasteiger partial charge in [0.05, 0.1) is 22.5 Å². The molecule has 3 aromatic rings. The third-order valence-corrected chi connectivity index (χ3v) is 9.00. The molecule has 0 unspecified atom stereocenters. The molecule has 4 heterocycles. The number of rotatable bonds is 8. The molecule has 9 nitrogen and oxygen atoms in total. The van der Waals surface area contributed by atoms with Crippen molar-refractivity contribution in [2.75, 3.05) is 31.6 Å². The van der Waals surface area contributed by atoms with E-state index in [9.17, 15) is 18.0 Å². The maximum Gasteiger partial charge on any atom is 0.433 e. The Morgan fingerprint density at radius 2 is 1.74 bits per heavy atom. The highest BCUT2D eigenvalue weighted by Crippen LogP contribution is 2.47. The number of pyridine rings is 1. The first-order valence-corrected chi connectivity index (χ1v) is 14.4. The highest BCUT2D eigenvalue weighted by molar-refractivity contribution is 5.90. The third kappa shape index (κ3) is 5.82. The Balaban J connectivity index is 0.986. The molecule has 2 saturated heterocycles. The Morgan fingerprint density at radius 1 is 1.02 bits per heavy atom. The molecule has 1 amide bonds. The van der Waals surface area contributed by atoms with Gasteiger partial charge in [0.2, 0.25) is 11.8 Å². The van der Waals surface area contributed by atoms with Gasteiger partial charge in [0.15, 0.2) is 0 Å². The number of halogens is 3. The van der Waals surface area contributed by atoms with Crippen LogP contribution in [0.2, 0.25) is 0 Å². The largest absolute Gasteiger partial charge is 0.472 e. The lowest BCUT2D eigenvalue weighted by Gasteiger charge is -2.44. The summed E-state index contributed by atoms with van der Waals surface area (Å²) in [6.45, 7) is 7.42. The summed E-state index contributed by atoms with van der Waals surface area (Å²) in [7, 11) is 2.12. The quantitative estimate of drug-likeness (QED) is 0.402. The van der Waals surface area contributed by atoms with Crippen LogP contribution >= 0.6 is 0 Å². The number of carbonyl (C=O) groups is 1. The van der Waals surface area contributed by atoms with Gasteiger partial charge in [-0.25, -0.2) is 0 Å². The summed E-state index contributed by atoms with van der Waals surface area (Å²) in [5.74, 6) is 1.12. The Kier molecular flexibility index (Phi) is 7.39. The van der Waals surface area contributed by atoms with Crippen molar-refractivity contribution in [2.24, 2.45) is 0 Å². The van der Waals surface area contributed by atoms with E-state index in [4.69, 9.17) is 4.74 Å². The predicted molar refractivity (Wildman–Crippen MR) is 154 cm³/mol. The summed E-state index contributed by atoms with van der Waals surface area (Å²) in [4.78, 5) is 21.3. The van der Waals surface area contributed by atoms with Gasteiger partial charge in [-0.1, -0.05) is 24.8 Å². The monoisotopic (exact) mass is 593 g/mol. The average molecular weight is 594 g/mol. The van der Waals surface area contributed by atoms with Crippen molar-refractivity contribution in [1.29, 1.82) is 0 Å². The van der Waals surface area contributed by atoms with Crippen LogP contribution in [0, 0.1) is 0 Å². The number of carbonyl (C=O) groups excluding carboxylic acids is 1. The Hall–Kier alpha value is -4.35. The van der Waals surface area contributed by atoms with Crippen molar-refractivity contribution in [3.05, 3.63) is 89.6 Å². The molecule has 6 rings (SSSR count). The normalized spacial score (nSPS) is 18.8. The van der Waals surface area contributed by atoms with Crippen LogP contribution in [0.3, 0.4) is 0 Å². The summed E-state index contributed by atoms with van der Waals surface area (Å²) in [6, 6.07) is 13.9. The van der Waals surface area contributed by atoms with E-state index in [-0.39, 0.29) is 23.9 Å². The number of hydrogen-bond donors (Lipinski definition) is 2. The van der Waals surface area contributed by atoms with E-state index >= 15 is 0 Å². The fourth-order valence-electron chi connectivity index (χ4n) is 5.87. The standard InChI is InChI=1S/C31H34F3N7O2/c1-21-37-20-29(40(21)2)13-15-41(16-14-29)24-6-3-22(4-7-24)17-36-28(42)30(11-12-30)25-9-10-27(39-38-25)43-19-23-5-8-26(35-18-23)31(32,33)34/h3-10,18,37H,1,11-17,19-20H2,2H3,(H,36,42). The van der Waals surface area contributed by atoms with Gasteiger partial charge in [0, 0.05) is 56.7 Å². The molecule has 3 fully saturated rings. The molecule has 1 aliphatic carbocycles. The Bertz CT molecular complexity index is 1470. The molecule has 0 radical (unpaired) electrons. The van der Waals surface area contributed by atoms with Crippen molar-refractivity contribution in [1.82, 2.24) is 30.7 Å². The van der Waals surface area contributed by atoms with Crippen LogP contribution in [0.15, 0.2) is 67.1 Å². The third-order valence-electron chi connectivity index (χ3n) is 9.00. The second-order valence-electron chi connectivity index (χ2n) is 11.6. The van der Waals surface area contributed by atoms with E-state index in [1.54, 1.807) is 12.1 Å². The maximum absolute atomic E-state index is 13.2. The van der Waals surface area contributed by atoms with E-state index < -0.39 is 17.3 Å². The minimum absolute atomic E-state index is 0.00685. The SMILES string of the molecule is C=C1NCC2(CCN(c3ccc(CNC(=O)C4(c5ccc(OCc6ccc(C(F)(F)F)nc6)nn5)CC4)cc3)CC2)N1C. The number of aromatic nitrogens is 3. The second-order valence-corrected chi connectivity index (χ2v) is 11.6. The number of amides is 1. The average Bonchev–Trinajstić information content (AvgIpc) is 3.79. The number of nitrogens with zero attached hydrogens (tertiary/aromatic N) is 5. The zero-order valence-electron chi connectivity index (χ0n) is 24.0. The lowest BCUT2D eigenvalue weighted by molar-refractivity contribution is -0.141. The second kappa shape index (κ2) is 11.1. The van der Waals surface area contributed by atoms with Crippen molar-refractivity contribution >= 4 is 11.6 Å². The molecule has 1 saturated carbocycles. The first kappa shape index (κ1) is 28.8. The van der Waals surface area contributed by atoms with Gasteiger partial charge in [-0.2, -0.15) is 18.3 Å². The molecule has 1 aromatic carbocycles. The Labute approximate surface area is 248 Å². The van der Waals surface area contributed by atoms with Crippen LogP contribution in [0.4, 0.5) is 18.9 Å². The molecule has 43 heavy (non-hydrogen) atoms. The van der Waals surface area contributed by atoms with Gasteiger partial charge in [-0.05, 0) is 55.5 Å². The number of likely N-dealkylation sites (N-methyl/N-ethyl adjacent to an activating group) is 1. The van der Waals surface area contributed by atoms with Gasteiger partial charge in [-0.3, -0.25) is 9.78 Å². The topological polar surface area (TPSA) is 95.5 Å². The van der Waals surface area contributed by atoms with Crippen LogP contribution in [0.5, 0.6) is 5.88 Å². The number of hydrogen-bond acceptors (Lipinski definition) is 8. The van der Waals surface area contributed by atoms with Crippen molar-refractivity contribution in [3.8, 4) is 5.88 Å². The van der Waals surface area contributed by atoms with Gasteiger partial charge in [0.25, 0.3) is 0 Å². The van der Waals surface area contributed by atoms with E-state index in [1.165, 1.54) is 11.8 Å². The van der Waals surface area contributed by atoms with Crippen molar-refractivity contribution < 1.29 is 22.7 Å². The predicted octanol–water partition coefficient (Wildman–Crippen LogP) is 4.16. The summed E-state index contributed by atoms with van der Waals surface area (Å²) < 4.78 is 43.6. The van der Waals surface area contributed by atoms with E-state index in [0.717, 1.165) is 56.1 Å². The summed E-state index contributed by atoms with van der Waals surface area (Å²) in [5.41, 5.74) is 1.72. The van der Waals surface area contributed by atoms with E-state index in [2.05, 4.69) is 73.5 Å².